The van der Waals surface area contributed by atoms with Gasteiger partial charge in [-0.2, -0.15) is 0 Å². The highest BCUT2D eigenvalue weighted by Crippen LogP contribution is 2.24. The largest absolute Gasteiger partial charge is 0.467 e. The van der Waals surface area contributed by atoms with Gasteiger partial charge in [0.15, 0.2) is 0 Å². The fraction of sp³-hybridized carbons (Fsp3) is 0.357. The number of nitrogens with one attached hydrogen (secondary N) is 1. The average molecular weight is 263 g/mol. The zero-order valence-electron chi connectivity index (χ0n) is 11.0. The van der Waals surface area contributed by atoms with Crippen molar-refractivity contribution in [3.8, 4) is 0 Å². The second-order valence-electron chi connectivity index (χ2n) is 4.10. The number of rotatable bonds is 6. The molecule has 0 bridgehead atoms. The molecule has 2 aromatic heterocycles. The molecule has 5 heteroatoms. The van der Waals surface area contributed by atoms with Crippen molar-refractivity contribution in [1.82, 2.24) is 5.32 Å². The van der Waals surface area contributed by atoms with Crippen LogP contribution in [0, 0.1) is 0 Å². The quantitative estimate of drug-likeness (QED) is 0.812. The molecule has 5 nitrogen and oxygen atoms in total. The molecule has 0 aliphatic rings. The lowest BCUT2D eigenvalue weighted by atomic mass is 10.1. The van der Waals surface area contributed by atoms with Crippen LogP contribution in [0.2, 0.25) is 0 Å². The molecule has 2 heterocycles. The Balaban J connectivity index is 2.23. The molecule has 0 aliphatic heterocycles. The summed E-state index contributed by atoms with van der Waals surface area (Å²) in [7, 11) is 1.32. The van der Waals surface area contributed by atoms with Crippen LogP contribution >= 0.6 is 0 Å². The summed E-state index contributed by atoms with van der Waals surface area (Å²) in [6, 6.07) is 6.84. The molecule has 0 spiro atoms. The SMILES string of the molecule is CCCNC(c1ccco1)c1ccc(C(=O)OC)o1. The highest BCUT2D eigenvalue weighted by atomic mass is 16.5. The summed E-state index contributed by atoms with van der Waals surface area (Å²) < 4.78 is 15.6. The highest BCUT2D eigenvalue weighted by molar-refractivity contribution is 5.86. The van der Waals surface area contributed by atoms with Gasteiger partial charge in [-0.3, -0.25) is 0 Å². The smallest absolute Gasteiger partial charge is 0.373 e. The topological polar surface area (TPSA) is 64.6 Å². The van der Waals surface area contributed by atoms with Crippen molar-refractivity contribution in [2.75, 3.05) is 13.7 Å². The second kappa shape index (κ2) is 6.24. The number of hydrogen-bond donors (Lipinski definition) is 1. The van der Waals surface area contributed by atoms with E-state index in [2.05, 4.69) is 17.0 Å². The normalized spacial score (nSPS) is 12.3. The number of ether oxygens (including phenoxy) is 1. The van der Waals surface area contributed by atoms with Gasteiger partial charge in [0.25, 0.3) is 0 Å². The number of furan rings is 2. The summed E-state index contributed by atoms with van der Waals surface area (Å²) >= 11 is 0. The first-order valence-electron chi connectivity index (χ1n) is 6.21. The summed E-state index contributed by atoms with van der Waals surface area (Å²) in [6.07, 6.45) is 2.60. The lowest BCUT2D eigenvalue weighted by molar-refractivity contribution is 0.0562. The number of carbonyl (C=O) groups excluding carboxylic acids is 1. The van der Waals surface area contributed by atoms with E-state index in [0.717, 1.165) is 18.7 Å². The van der Waals surface area contributed by atoms with Gasteiger partial charge in [-0.25, -0.2) is 4.79 Å². The van der Waals surface area contributed by atoms with Crippen LogP contribution in [0.1, 0.15) is 41.5 Å². The molecule has 0 fully saturated rings. The summed E-state index contributed by atoms with van der Waals surface area (Å²) in [4.78, 5) is 11.4. The average Bonchev–Trinajstić information content (AvgIpc) is 3.09. The Kier molecular flexibility index (Phi) is 4.41. The van der Waals surface area contributed by atoms with Crippen molar-refractivity contribution in [2.24, 2.45) is 0 Å². The van der Waals surface area contributed by atoms with Crippen LogP contribution in [0.15, 0.2) is 39.4 Å². The molecule has 2 rings (SSSR count). The van der Waals surface area contributed by atoms with Crippen molar-refractivity contribution >= 4 is 5.97 Å². The Morgan fingerprint density at radius 2 is 2.21 bits per heavy atom. The first kappa shape index (κ1) is 13.4. The van der Waals surface area contributed by atoms with Gasteiger partial charge in [-0.05, 0) is 37.2 Å². The zero-order valence-corrected chi connectivity index (χ0v) is 11.0. The van der Waals surface area contributed by atoms with Gasteiger partial charge in [0.1, 0.15) is 17.6 Å². The third kappa shape index (κ3) is 3.06. The standard InChI is InChI=1S/C14H17NO4/c1-3-8-15-13(10-5-4-9-18-10)11-6-7-12(19-11)14(16)17-2/h4-7,9,13,15H,3,8H2,1-2H3. The molecular formula is C14H17NO4. The van der Waals surface area contributed by atoms with Gasteiger partial charge in [0, 0.05) is 0 Å². The summed E-state index contributed by atoms with van der Waals surface area (Å²) in [5.41, 5.74) is 0. The molecule has 102 valence electrons. The van der Waals surface area contributed by atoms with Gasteiger partial charge in [0.2, 0.25) is 5.76 Å². The van der Waals surface area contributed by atoms with E-state index >= 15 is 0 Å². The maximum absolute atomic E-state index is 11.4. The summed E-state index contributed by atoms with van der Waals surface area (Å²) in [5, 5.41) is 3.32. The third-order valence-electron chi connectivity index (χ3n) is 2.72. The van der Waals surface area contributed by atoms with Crippen molar-refractivity contribution < 1.29 is 18.4 Å². The molecule has 0 saturated heterocycles. The van der Waals surface area contributed by atoms with Crippen LogP contribution in [0.5, 0.6) is 0 Å². The fourth-order valence-electron chi connectivity index (χ4n) is 1.80. The Morgan fingerprint density at radius 3 is 2.84 bits per heavy atom. The van der Waals surface area contributed by atoms with Gasteiger partial charge in [0.05, 0.1) is 13.4 Å². The molecular weight excluding hydrogens is 246 g/mol. The molecule has 0 saturated carbocycles. The minimum absolute atomic E-state index is 0.187. The Hall–Kier alpha value is -2.01. The second-order valence-corrected chi connectivity index (χ2v) is 4.10. The fourth-order valence-corrected chi connectivity index (χ4v) is 1.80. The van der Waals surface area contributed by atoms with Crippen molar-refractivity contribution in [2.45, 2.75) is 19.4 Å². The van der Waals surface area contributed by atoms with Crippen LogP contribution in [-0.4, -0.2) is 19.6 Å². The van der Waals surface area contributed by atoms with Gasteiger partial charge in [-0.1, -0.05) is 6.92 Å². The summed E-state index contributed by atoms with van der Waals surface area (Å²) in [5.74, 6) is 1.08. The Labute approximate surface area is 111 Å². The van der Waals surface area contributed by atoms with E-state index in [4.69, 9.17) is 8.83 Å². The molecule has 1 N–H and O–H groups in total. The monoisotopic (exact) mass is 263 g/mol. The van der Waals surface area contributed by atoms with E-state index < -0.39 is 5.97 Å². The van der Waals surface area contributed by atoms with Crippen LogP contribution in [0.3, 0.4) is 0 Å². The summed E-state index contributed by atoms with van der Waals surface area (Å²) in [6.45, 7) is 2.90. The Morgan fingerprint density at radius 1 is 1.37 bits per heavy atom. The van der Waals surface area contributed by atoms with Crippen molar-refractivity contribution in [3.63, 3.8) is 0 Å². The van der Waals surface area contributed by atoms with Gasteiger partial charge >= 0.3 is 5.97 Å². The minimum atomic E-state index is -0.486. The molecule has 1 unspecified atom stereocenters. The van der Waals surface area contributed by atoms with Crippen molar-refractivity contribution in [1.29, 1.82) is 0 Å². The van der Waals surface area contributed by atoms with Crippen LogP contribution in [0.4, 0.5) is 0 Å². The van der Waals surface area contributed by atoms with E-state index in [1.807, 2.05) is 12.1 Å². The van der Waals surface area contributed by atoms with E-state index in [0.29, 0.717) is 5.76 Å². The number of esters is 1. The van der Waals surface area contributed by atoms with Crippen LogP contribution in [0.25, 0.3) is 0 Å². The Bertz CT molecular complexity index is 515. The van der Waals surface area contributed by atoms with E-state index in [-0.39, 0.29) is 11.8 Å². The molecule has 0 radical (unpaired) electrons. The van der Waals surface area contributed by atoms with Gasteiger partial charge < -0.3 is 18.9 Å². The molecule has 0 amide bonds. The lowest BCUT2D eigenvalue weighted by Crippen LogP contribution is -2.22. The van der Waals surface area contributed by atoms with Crippen LogP contribution in [-0.2, 0) is 4.74 Å². The number of hydrogen-bond acceptors (Lipinski definition) is 5. The van der Waals surface area contributed by atoms with E-state index in [9.17, 15) is 4.79 Å². The molecule has 0 aromatic carbocycles. The molecule has 1 atom stereocenters. The maximum Gasteiger partial charge on any atom is 0.373 e. The lowest BCUT2D eigenvalue weighted by Gasteiger charge is -2.13. The number of carbonyl (C=O) groups is 1. The predicted molar refractivity (Wildman–Crippen MR) is 68.9 cm³/mol. The predicted octanol–water partition coefficient (Wildman–Crippen LogP) is 2.75. The third-order valence-corrected chi connectivity index (χ3v) is 2.72. The van der Waals surface area contributed by atoms with Gasteiger partial charge in [-0.15, -0.1) is 0 Å². The zero-order chi connectivity index (χ0) is 13.7. The van der Waals surface area contributed by atoms with Crippen LogP contribution < -0.4 is 5.32 Å². The minimum Gasteiger partial charge on any atom is -0.467 e. The first-order chi connectivity index (χ1) is 9.26. The van der Waals surface area contributed by atoms with E-state index in [1.165, 1.54) is 7.11 Å². The molecule has 2 aromatic rings. The van der Waals surface area contributed by atoms with Crippen molar-refractivity contribution in [3.05, 3.63) is 47.8 Å². The first-order valence-corrected chi connectivity index (χ1v) is 6.21. The molecule has 0 aliphatic carbocycles. The number of methoxy groups -OCH3 is 1. The molecule has 19 heavy (non-hydrogen) atoms. The van der Waals surface area contributed by atoms with E-state index in [1.54, 1.807) is 18.4 Å². The highest BCUT2D eigenvalue weighted by Gasteiger charge is 2.21. The maximum atomic E-state index is 11.4.